The Hall–Kier alpha value is -0.570. The van der Waals surface area contributed by atoms with Gasteiger partial charge in [-0.2, -0.15) is 0 Å². The molecule has 0 aliphatic heterocycles. The number of carbonyl (C=O) groups is 1. The largest absolute Gasteiger partial charge is 0.469 e. The highest BCUT2D eigenvalue weighted by atomic mass is 16.5. The predicted molar refractivity (Wildman–Crippen MR) is 79.3 cm³/mol. The lowest BCUT2D eigenvalue weighted by molar-refractivity contribution is -0.140. The van der Waals surface area contributed by atoms with E-state index in [1.165, 1.54) is 58.5 Å². The Kier molecular flexibility index (Phi) is 13.4. The molecule has 0 bridgehead atoms. The van der Waals surface area contributed by atoms with Gasteiger partial charge in [0.2, 0.25) is 0 Å². The van der Waals surface area contributed by atoms with Crippen LogP contribution < -0.4 is 0 Å². The zero-order valence-corrected chi connectivity index (χ0v) is 13.1. The van der Waals surface area contributed by atoms with Crippen molar-refractivity contribution in [1.82, 2.24) is 0 Å². The maximum Gasteiger partial charge on any atom is 0.305 e. The van der Waals surface area contributed by atoms with E-state index in [0.29, 0.717) is 12.5 Å². The topological polar surface area (TPSA) is 35.5 Å². The van der Waals surface area contributed by atoms with Gasteiger partial charge in [0, 0.05) is 13.5 Å². The molecule has 0 aromatic heterocycles. The summed E-state index contributed by atoms with van der Waals surface area (Å²) < 4.78 is 10.1. The molecule has 1 unspecified atom stereocenters. The molecule has 0 radical (unpaired) electrons. The highest BCUT2D eigenvalue weighted by molar-refractivity contribution is 5.68. The lowest BCUT2D eigenvalue weighted by Gasteiger charge is -2.14. The zero-order chi connectivity index (χ0) is 14.3. The van der Waals surface area contributed by atoms with Gasteiger partial charge in [-0.15, -0.1) is 0 Å². The quantitative estimate of drug-likeness (QED) is 0.366. The second kappa shape index (κ2) is 13.9. The van der Waals surface area contributed by atoms with Crippen LogP contribution in [0.15, 0.2) is 0 Å². The van der Waals surface area contributed by atoms with Crippen LogP contribution in [0.4, 0.5) is 0 Å². The first-order chi connectivity index (χ1) is 9.24. The Labute approximate surface area is 119 Å². The summed E-state index contributed by atoms with van der Waals surface area (Å²) in [4.78, 5) is 10.9. The van der Waals surface area contributed by atoms with E-state index in [9.17, 15) is 4.79 Å². The van der Waals surface area contributed by atoms with Gasteiger partial charge in [-0.25, -0.2) is 0 Å². The van der Waals surface area contributed by atoms with E-state index in [2.05, 4.69) is 11.7 Å². The van der Waals surface area contributed by atoms with E-state index in [1.807, 2.05) is 7.11 Å². The highest BCUT2D eigenvalue weighted by Crippen LogP contribution is 2.14. The number of unbranched alkanes of at least 4 members (excludes halogenated alkanes) is 6. The molecule has 0 N–H and O–H groups in total. The molecule has 0 saturated heterocycles. The van der Waals surface area contributed by atoms with Crippen molar-refractivity contribution in [2.24, 2.45) is 0 Å². The van der Waals surface area contributed by atoms with Gasteiger partial charge in [-0.3, -0.25) is 4.79 Å². The lowest BCUT2D eigenvalue weighted by atomic mass is 10.0. The summed E-state index contributed by atoms with van der Waals surface area (Å²) in [5.74, 6) is -0.0844. The van der Waals surface area contributed by atoms with Crippen LogP contribution in [0, 0.1) is 0 Å². The monoisotopic (exact) mass is 272 g/mol. The number of esters is 1. The van der Waals surface area contributed by atoms with Crippen molar-refractivity contribution in [3.05, 3.63) is 0 Å². The van der Waals surface area contributed by atoms with Crippen molar-refractivity contribution in [3.8, 4) is 0 Å². The van der Waals surface area contributed by atoms with Crippen LogP contribution in [-0.2, 0) is 14.3 Å². The zero-order valence-electron chi connectivity index (χ0n) is 13.1. The first kappa shape index (κ1) is 18.4. The summed E-state index contributed by atoms with van der Waals surface area (Å²) in [6.07, 6.45) is 13.1. The van der Waals surface area contributed by atoms with Crippen LogP contribution >= 0.6 is 0 Å². The van der Waals surface area contributed by atoms with E-state index in [-0.39, 0.29) is 5.97 Å². The molecule has 0 aromatic rings. The molecule has 0 aromatic carbocycles. The van der Waals surface area contributed by atoms with Crippen molar-refractivity contribution in [2.45, 2.75) is 83.7 Å². The minimum atomic E-state index is -0.0844. The number of ether oxygens (including phenoxy) is 2. The van der Waals surface area contributed by atoms with Crippen molar-refractivity contribution in [1.29, 1.82) is 0 Å². The molecule has 0 saturated carbocycles. The molecule has 0 amide bonds. The molecular formula is C16H32O3. The molecule has 0 aliphatic rings. The summed E-state index contributed by atoms with van der Waals surface area (Å²) in [5, 5.41) is 0. The maximum absolute atomic E-state index is 10.9. The normalized spacial score (nSPS) is 12.4. The molecule has 0 heterocycles. The second-order valence-corrected chi connectivity index (χ2v) is 5.24. The summed E-state index contributed by atoms with van der Waals surface area (Å²) in [6.45, 7) is 2.22. The number of methoxy groups -OCH3 is 2. The fraction of sp³-hybridized carbons (Fsp3) is 0.938. The number of carbonyl (C=O) groups excluding carboxylic acids is 1. The van der Waals surface area contributed by atoms with Gasteiger partial charge in [0.1, 0.15) is 0 Å². The van der Waals surface area contributed by atoms with E-state index in [0.717, 1.165) is 12.8 Å². The molecule has 3 nitrogen and oxygen atoms in total. The molecule has 0 rings (SSSR count). The molecule has 19 heavy (non-hydrogen) atoms. The second-order valence-electron chi connectivity index (χ2n) is 5.24. The van der Waals surface area contributed by atoms with Crippen LogP contribution in [0.1, 0.15) is 77.6 Å². The van der Waals surface area contributed by atoms with Gasteiger partial charge >= 0.3 is 5.97 Å². The van der Waals surface area contributed by atoms with Crippen LogP contribution in [-0.4, -0.2) is 26.3 Å². The Morgan fingerprint density at radius 2 is 1.47 bits per heavy atom. The average molecular weight is 272 g/mol. The van der Waals surface area contributed by atoms with Gasteiger partial charge in [-0.05, 0) is 19.3 Å². The first-order valence-corrected chi connectivity index (χ1v) is 7.84. The standard InChI is InChI=1S/C16H32O3/c1-4-5-12-15(18-2)13-10-8-6-7-9-11-14-16(17)19-3/h15H,4-14H2,1-3H3. The molecule has 0 fully saturated rings. The number of rotatable bonds is 13. The van der Waals surface area contributed by atoms with Crippen LogP contribution in [0.25, 0.3) is 0 Å². The summed E-state index contributed by atoms with van der Waals surface area (Å²) in [5.41, 5.74) is 0. The minimum Gasteiger partial charge on any atom is -0.469 e. The Balaban J connectivity index is 3.27. The fourth-order valence-corrected chi connectivity index (χ4v) is 2.26. The molecule has 3 heteroatoms. The van der Waals surface area contributed by atoms with Gasteiger partial charge < -0.3 is 9.47 Å². The molecule has 114 valence electrons. The molecule has 1 atom stereocenters. The Bertz CT molecular complexity index is 204. The third-order valence-electron chi connectivity index (χ3n) is 3.60. The van der Waals surface area contributed by atoms with E-state index in [4.69, 9.17) is 4.74 Å². The summed E-state index contributed by atoms with van der Waals surface area (Å²) in [7, 11) is 3.28. The maximum atomic E-state index is 10.9. The van der Waals surface area contributed by atoms with Crippen molar-refractivity contribution in [2.75, 3.05) is 14.2 Å². The third kappa shape index (κ3) is 12.2. The Morgan fingerprint density at radius 3 is 2.05 bits per heavy atom. The van der Waals surface area contributed by atoms with Crippen molar-refractivity contribution < 1.29 is 14.3 Å². The lowest BCUT2D eigenvalue weighted by Crippen LogP contribution is -2.09. The van der Waals surface area contributed by atoms with Crippen LogP contribution in [0.2, 0.25) is 0 Å². The van der Waals surface area contributed by atoms with E-state index < -0.39 is 0 Å². The van der Waals surface area contributed by atoms with Crippen LogP contribution in [0.3, 0.4) is 0 Å². The number of hydrogen-bond donors (Lipinski definition) is 0. The average Bonchev–Trinajstić information content (AvgIpc) is 2.44. The highest BCUT2D eigenvalue weighted by Gasteiger charge is 2.05. The predicted octanol–water partition coefficient (Wildman–Crippen LogP) is 4.49. The first-order valence-electron chi connectivity index (χ1n) is 7.84. The van der Waals surface area contributed by atoms with Crippen LogP contribution in [0.5, 0.6) is 0 Å². The molecule has 0 spiro atoms. The summed E-state index contributed by atoms with van der Waals surface area (Å²) >= 11 is 0. The fourth-order valence-electron chi connectivity index (χ4n) is 2.26. The van der Waals surface area contributed by atoms with Crippen molar-refractivity contribution in [3.63, 3.8) is 0 Å². The smallest absolute Gasteiger partial charge is 0.305 e. The van der Waals surface area contributed by atoms with Gasteiger partial charge in [0.05, 0.1) is 13.2 Å². The van der Waals surface area contributed by atoms with Gasteiger partial charge in [-0.1, -0.05) is 51.9 Å². The van der Waals surface area contributed by atoms with Crippen molar-refractivity contribution >= 4 is 5.97 Å². The SMILES string of the molecule is CCCCC(CCCCCCCCC(=O)OC)OC. The molecule has 0 aliphatic carbocycles. The van der Waals surface area contributed by atoms with Gasteiger partial charge in [0.15, 0.2) is 0 Å². The summed E-state index contributed by atoms with van der Waals surface area (Å²) in [6, 6.07) is 0. The van der Waals surface area contributed by atoms with Gasteiger partial charge in [0.25, 0.3) is 0 Å². The third-order valence-corrected chi connectivity index (χ3v) is 3.60. The minimum absolute atomic E-state index is 0.0844. The number of hydrogen-bond acceptors (Lipinski definition) is 3. The van der Waals surface area contributed by atoms with E-state index >= 15 is 0 Å². The van der Waals surface area contributed by atoms with E-state index in [1.54, 1.807) is 0 Å². The Morgan fingerprint density at radius 1 is 0.895 bits per heavy atom. The molecular weight excluding hydrogens is 240 g/mol.